The van der Waals surface area contributed by atoms with Gasteiger partial charge in [-0.2, -0.15) is 0 Å². The zero-order valence-corrected chi connectivity index (χ0v) is 15.7. The van der Waals surface area contributed by atoms with Gasteiger partial charge in [0.05, 0.1) is 11.0 Å². The Bertz CT molecular complexity index is 1370. The van der Waals surface area contributed by atoms with E-state index >= 15 is 0 Å². The van der Waals surface area contributed by atoms with Gasteiger partial charge in [-0.15, -0.1) is 0 Å². The molecule has 4 heteroatoms. The van der Waals surface area contributed by atoms with Crippen LogP contribution in [0, 0.1) is 0 Å². The zero-order valence-electron chi connectivity index (χ0n) is 15.7. The van der Waals surface area contributed by atoms with Crippen molar-refractivity contribution in [2.24, 2.45) is 0 Å². The number of aromatic nitrogens is 2. The topological polar surface area (TPSA) is 57.8 Å². The maximum absolute atomic E-state index is 12.9. The summed E-state index contributed by atoms with van der Waals surface area (Å²) in [6.07, 6.45) is 0. The number of aromatic amines is 1. The van der Waals surface area contributed by atoms with Crippen molar-refractivity contribution in [2.45, 2.75) is 6.54 Å². The lowest BCUT2D eigenvalue weighted by Crippen LogP contribution is -2.13. The third-order valence-electron chi connectivity index (χ3n) is 5.07. The van der Waals surface area contributed by atoms with Crippen LogP contribution in [-0.4, -0.2) is 9.97 Å². The van der Waals surface area contributed by atoms with E-state index in [9.17, 15) is 4.79 Å². The molecule has 140 valence electrons. The first-order valence-electron chi connectivity index (χ1n) is 9.58. The Labute approximate surface area is 167 Å². The van der Waals surface area contributed by atoms with Crippen LogP contribution in [0.5, 0.6) is 0 Å². The lowest BCUT2D eigenvalue weighted by molar-refractivity contribution is 1.14. The molecule has 5 rings (SSSR count). The van der Waals surface area contributed by atoms with Gasteiger partial charge in [0.2, 0.25) is 0 Å². The van der Waals surface area contributed by atoms with Gasteiger partial charge in [-0.05, 0) is 34.5 Å². The predicted octanol–water partition coefficient (Wildman–Crippen LogP) is 5.36. The minimum absolute atomic E-state index is 0.193. The molecule has 0 saturated heterocycles. The summed E-state index contributed by atoms with van der Waals surface area (Å²) in [5, 5.41) is 5.62. The second-order valence-electron chi connectivity index (χ2n) is 7.02. The summed E-state index contributed by atoms with van der Waals surface area (Å²) in [6, 6.07) is 30.0. The third-order valence-corrected chi connectivity index (χ3v) is 5.07. The van der Waals surface area contributed by atoms with Crippen LogP contribution in [0.15, 0.2) is 95.8 Å². The van der Waals surface area contributed by atoms with Gasteiger partial charge in [0.15, 0.2) is 0 Å². The largest absolute Gasteiger partial charge is 0.380 e. The molecule has 0 radical (unpaired) electrons. The molecule has 0 spiro atoms. The van der Waals surface area contributed by atoms with Crippen LogP contribution in [-0.2, 0) is 6.54 Å². The zero-order chi connectivity index (χ0) is 19.6. The Morgan fingerprint density at radius 1 is 0.793 bits per heavy atom. The van der Waals surface area contributed by atoms with Gasteiger partial charge in [0, 0.05) is 17.8 Å². The quantitative estimate of drug-likeness (QED) is 0.415. The molecule has 1 aromatic heterocycles. The van der Waals surface area contributed by atoms with Crippen molar-refractivity contribution >= 4 is 27.5 Å². The fourth-order valence-corrected chi connectivity index (χ4v) is 3.59. The maximum atomic E-state index is 12.9. The first-order valence-corrected chi connectivity index (χ1v) is 9.58. The van der Waals surface area contributed by atoms with E-state index in [2.05, 4.69) is 28.5 Å². The van der Waals surface area contributed by atoms with Crippen molar-refractivity contribution in [2.75, 3.05) is 5.32 Å². The monoisotopic (exact) mass is 377 g/mol. The number of hydrogen-bond donors (Lipinski definition) is 2. The summed E-state index contributed by atoms with van der Waals surface area (Å²) in [5.74, 6) is 0. The number of anilines is 1. The number of hydrogen-bond acceptors (Lipinski definition) is 3. The average molecular weight is 377 g/mol. The Morgan fingerprint density at radius 2 is 1.48 bits per heavy atom. The molecule has 2 N–H and O–H groups in total. The van der Waals surface area contributed by atoms with Crippen molar-refractivity contribution < 1.29 is 0 Å². The van der Waals surface area contributed by atoms with E-state index in [0.29, 0.717) is 12.2 Å². The second kappa shape index (κ2) is 7.24. The van der Waals surface area contributed by atoms with Gasteiger partial charge in [0.1, 0.15) is 5.69 Å². The predicted molar refractivity (Wildman–Crippen MR) is 119 cm³/mol. The van der Waals surface area contributed by atoms with Crippen molar-refractivity contribution in [1.29, 1.82) is 0 Å². The first kappa shape index (κ1) is 17.2. The number of benzene rings is 4. The lowest BCUT2D eigenvalue weighted by Gasteiger charge is -2.12. The summed E-state index contributed by atoms with van der Waals surface area (Å²) in [7, 11) is 0. The van der Waals surface area contributed by atoms with Crippen molar-refractivity contribution in [3.05, 3.63) is 107 Å². The van der Waals surface area contributed by atoms with Crippen LogP contribution in [0.2, 0.25) is 0 Å². The van der Waals surface area contributed by atoms with E-state index in [4.69, 9.17) is 4.98 Å². The van der Waals surface area contributed by atoms with E-state index in [-0.39, 0.29) is 5.56 Å². The van der Waals surface area contributed by atoms with Gasteiger partial charge in [-0.25, -0.2) is 4.98 Å². The maximum Gasteiger partial charge on any atom is 0.275 e. The SMILES string of the molecule is O=c1[nH]c2cc3ccccc3cc2nc1-c1ccccc1NCc1ccccc1. The van der Waals surface area contributed by atoms with Gasteiger partial charge >= 0.3 is 0 Å². The highest BCUT2D eigenvalue weighted by atomic mass is 16.1. The molecule has 1 heterocycles. The highest BCUT2D eigenvalue weighted by Crippen LogP contribution is 2.27. The van der Waals surface area contributed by atoms with E-state index in [1.165, 1.54) is 5.56 Å². The number of rotatable bonds is 4. The van der Waals surface area contributed by atoms with Crippen molar-refractivity contribution in [3.63, 3.8) is 0 Å². The van der Waals surface area contributed by atoms with E-state index in [0.717, 1.165) is 33.1 Å². The molecule has 0 fully saturated rings. The summed E-state index contributed by atoms with van der Waals surface area (Å²) in [5.41, 5.74) is 4.59. The summed E-state index contributed by atoms with van der Waals surface area (Å²) >= 11 is 0. The van der Waals surface area contributed by atoms with E-state index in [1.807, 2.05) is 72.8 Å². The smallest absolute Gasteiger partial charge is 0.275 e. The van der Waals surface area contributed by atoms with Crippen LogP contribution < -0.4 is 10.9 Å². The molecule has 4 aromatic carbocycles. The van der Waals surface area contributed by atoms with Crippen molar-refractivity contribution in [1.82, 2.24) is 9.97 Å². The highest BCUT2D eigenvalue weighted by molar-refractivity contribution is 5.95. The number of fused-ring (bicyclic) bond motifs is 2. The molecular weight excluding hydrogens is 358 g/mol. The van der Waals surface area contributed by atoms with Crippen LogP contribution in [0.3, 0.4) is 0 Å². The van der Waals surface area contributed by atoms with Crippen LogP contribution in [0.4, 0.5) is 5.69 Å². The van der Waals surface area contributed by atoms with Gasteiger partial charge < -0.3 is 10.3 Å². The fraction of sp³-hybridized carbons (Fsp3) is 0.0400. The molecule has 0 unspecified atom stereocenters. The Morgan fingerprint density at radius 3 is 2.31 bits per heavy atom. The molecule has 0 aliphatic carbocycles. The normalized spacial score (nSPS) is 11.0. The summed E-state index contributed by atoms with van der Waals surface area (Å²) in [6.45, 7) is 0.675. The molecule has 0 aliphatic rings. The van der Waals surface area contributed by atoms with Gasteiger partial charge in [-0.3, -0.25) is 4.79 Å². The molecule has 0 atom stereocenters. The molecular formula is C25H19N3O. The number of para-hydroxylation sites is 1. The Kier molecular flexibility index (Phi) is 4.30. The molecule has 5 aromatic rings. The molecule has 0 amide bonds. The Hall–Kier alpha value is -3.92. The molecule has 29 heavy (non-hydrogen) atoms. The number of H-pyrrole nitrogens is 1. The van der Waals surface area contributed by atoms with Gasteiger partial charge in [0.25, 0.3) is 5.56 Å². The summed E-state index contributed by atoms with van der Waals surface area (Å²) in [4.78, 5) is 20.6. The standard InChI is InChI=1S/C25H19N3O/c29-25-24(27-22-14-18-10-4-5-11-19(18)15-23(22)28-25)20-12-6-7-13-21(20)26-16-17-8-2-1-3-9-17/h1-15,26H,16H2,(H,28,29). The van der Waals surface area contributed by atoms with E-state index < -0.39 is 0 Å². The molecule has 4 nitrogen and oxygen atoms in total. The minimum Gasteiger partial charge on any atom is -0.380 e. The van der Waals surface area contributed by atoms with E-state index in [1.54, 1.807) is 0 Å². The number of nitrogens with zero attached hydrogens (tertiary/aromatic N) is 1. The van der Waals surface area contributed by atoms with Gasteiger partial charge in [-0.1, -0.05) is 72.8 Å². The third kappa shape index (κ3) is 3.36. The highest BCUT2D eigenvalue weighted by Gasteiger charge is 2.12. The molecule has 0 saturated carbocycles. The number of nitrogens with one attached hydrogen (secondary N) is 2. The van der Waals surface area contributed by atoms with Crippen LogP contribution in [0.1, 0.15) is 5.56 Å². The second-order valence-corrected chi connectivity index (χ2v) is 7.02. The van der Waals surface area contributed by atoms with Crippen molar-refractivity contribution in [3.8, 4) is 11.3 Å². The van der Waals surface area contributed by atoms with Crippen LogP contribution >= 0.6 is 0 Å². The molecule has 0 aliphatic heterocycles. The fourth-order valence-electron chi connectivity index (χ4n) is 3.59. The average Bonchev–Trinajstić information content (AvgIpc) is 2.77. The Balaban J connectivity index is 1.59. The summed E-state index contributed by atoms with van der Waals surface area (Å²) < 4.78 is 0. The first-order chi connectivity index (χ1) is 14.3. The lowest BCUT2D eigenvalue weighted by atomic mass is 10.1. The molecule has 0 bridgehead atoms. The van der Waals surface area contributed by atoms with Crippen LogP contribution in [0.25, 0.3) is 33.1 Å². The minimum atomic E-state index is -0.193.